The number of rotatable bonds is 7. The van der Waals surface area contributed by atoms with E-state index >= 15 is 4.39 Å². The smallest absolute Gasteiger partial charge is 0.416 e. The minimum Gasteiger partial charge on any atom is -0.496 e. The molecule has 2 unspecified atom stereocenters. The van der Waals surface area contributed by atoms with Gasteiger partial charge in [0.1, 0.15) is 18.1 Å². The quantitative estimate of drug-likeness (QED) is 0.555. The molecular weight excluding hydrogens is 454 g/mol. The van der Waals surface area contributed by atoms with Gasteiger partial charge < -0.3 is 20.7 Å². The van der Waals surface area contributed by atoms with Crippen molar-refractivity contribution in [2.75, 3.05) is 23.9 Å². The van der Waals surface area contributed by atoms with Crippen molar-refractivity contribution in [2.45, 2.75) is 58.3 Å². The number of halogens is 4. The van der Waals surface area contributed by atoms with Crippen LogP contribution in [0.1, 0.15) is 57.2 Å². The average Bonchev–Trinajstić information content (AvgIpc) is 3.21. The van der Waals surface area contributed by atoms with Crippen molar-refractivity contribution >= 4 is 17.5 Å². The van der Waals surface area contributed by atoms with E-state index in [0.717, 1.165) is 12.1 Å². The summed E-state index contributed by atoms with van der Waals surface area (Å²) < 4.78 is 60.2. The lowest BCUT2D eigenvalue weighted by atomic mass is 9.88. The molecule has 1 aliphatic heterocycles. The fraction of sp³-hybridized carbons (Fsp3) is 0.522. The molecule has 0 radical (unpaired) electrons. The van der Waals surface area contributed by atoms with Gasteiger partial charge in [-0.25, -0.2) is 9.97 Å². The number of primary amides is 1. The Hall–Kier alpha value is -3.11. The number of anilines is 2. The first-order chi connectivity index (χ1) is 15.8. The summed E-state index contributed by atoms with van der Waals surface area (Å²) in [5.74, 6) is -1.51. The highest BCUT2D eigenvalue weighted by molar-refractivity contribution is 5.82. The highest BCUT2D eigenvalue weighted by Crippen LogP contribution is 2.42. The van der Waals surface area contributed by atoms with Crippen LogP contribution in [0.3, 0.4) is 0 Å². The maximum Gasteiger partial charge on any atom is 0.416 e. The Morgan fingerprint density at radius 3 is 2.59 bits per heavy atom. The lowest BCUT2D eigenvalue weighted by molar-refractivity contribution is -0.137. The molecule has 2 atom stereocenters. The molecule has 7 nitrogen and oxygen atoms in total. The number of amides is 1. The van der Waals surface area contributed by atoms with E-state index in [0.29, 0.717) is 31.4 Å². The number of nitrogens with zero attached hydrogens (tertiary/aromatic N) is 3. The standard InChI is InChI=1S/C23H29F4N5O2/c1-22(2,3)11-15(19(28)33)31-20-18(24)21(30-12-29-20)32-9-5-6-16(32)14-8-7-13(23(25,26)27)10-17(14)34-4/h7-8,10,12,15-16H,5-6,9,11H2,1-4H3,(H2,28,33)(H,29,30,31). The van der Waals surface area contributed by atoms with Gasteiger partial charge in [-0.1, -0.05) is 26.8 Å². The SMILES string of the molecule is COc1cc(C(F)(F)F)ccc1C1CCCN1c1ncnc(NC(CC(C)(C)C)C(N)=O)c1F. The third-order valence-corrected chi connectivity index (χ3v) is 5.69. The Kier molecular flexibility index (Phi) is 7.23. The zero-order valence-electron chi connectivity index (χ0n) is 19.5. The molecule has 0 bridgehead atoms. The van der Waals surface area contributed by atoms with Crippen LogP contribution in [0.2, 0.25) is 0 Å². The van der Waals surface area contributed by atoms with Gasteiger partial charge in [0.2, 0.25) is 11.7 Å². The molecule has 0 spiro atoms. The first kappa shape index (κ1) is 25.5. The van der Waals surface area contributed by atoms with E-state index < -0.39 is 35.5 Å². The molecule has 1 amide bonds. The predicted octanol–water partition coefficient (Wildman–Crippen LogP) is 4.69. The second-order valence-corrected chi connectivity index (χ2v) is 9.53. The van der Waals surface area contributed by atoms with Crippen molar-refractivity contribution in [3.05, 3.63) is 41.5 Å². The Labute approximate surface area is 195 Å². The Bertz CT molecular complexity index is 1040. The number of benzene rings is 1. The second kappa shape index (κ2) is 9.63. The molecule has 1 aromatic carbocycles. The van der Waals surface area contributed by atoms with Crippen LogP contribution in [0.5, 0.6) is 5.75 Å². The van der Waals surface area contributed by atoms with E-state index in [2.05, 4.69) is 15.3 Å². The van der Waals surface area contributed by atoms with Gasteiger partial charge in [0.05, 0.1) is 18.7 Å². The first-order valence-corrected chi connectivity index (χ1v) is 10.9. The summed E-state index contributed by atoms with van der Waals surface area (Å²) in [6.45, 7) is 6.22. The molecule has 11 heteroatoms. The predicted molar refractivity (Wildman–Crippen MR) is 120 cm³/mol. The van der Waals surface area contributed by atoms with Crippen molar-refractivity contribution in [3.8, 4) is 5.75 Å². The van der Waals surface area contributed by atoms with Crippen LogP contribution < -0.4 is 20.7 Å². The molecule has 1 aromatic heterocycles. The summed E-state index contributed by atoms with van der Waals surface area (Å²) in [6, 6.07) is 1.99. The maximum absolute atomic E-state index is 15.5. The van der Waals surface area contributed by atoms with Gasteiger partial charge >= 0.3 is 6.18 Å². The number of nitrogens with two attached hydrogens (primary N) is 1. The van der Waals surface area contributed by atoms with E-state index in [1.807, 2.05) is 20.8 Å². The average molecular weight is 484 g/mol. The third kappa shape index (κ3) is 5.68. The number of carbonyl (C=O) groups is 1. The number of carbonyl (C=O) groups excluding carboxylic acids is 1. The molecule has 0 saturated carbocycles. The molecule has 0 aliphatic carbocycles. The number of hydrogen-bond acceptors (Lipinski definition) is 6. The van der Waals surface area contributed by atoms with Gasteiger partial charge in [0, 0.05) is 12.1 Å². The summed E-state index contributed by atoms with van der Waals surface area (Å²) in [5.41, 5.74) is 4.93. The second-order valence-electron chi connectivity index (χ2n) is 9.53. The summed E-state index contributed by atoms with van der Waals surface area (Å²) in [6.07, 6.45) is -1.73. The van der Waals surface area contributed by atoms with Gasteiger partial charge in [-0.05, 0) is 36.8 Å². The van der Waals surface area contributed by atoms with Crippen molar-refractivity contribution in [2.24, 2.45) is 11.1 Å². The Morgan fingerprint density at radius 2 is 2.00 bits per heavy atom. The zero-order valence-corrected chi connectivity index (χ0v) is 19.5. The minimum atomic E-state index is -4.51. The molecule has 186 valence electrons. The molecule has 3 N–H and O–H groups in total. The highest BCUT2D eigenvalue weighted by Gasteiger charge is 2.35. The summed E-state index contributed by atoms with van der Waals surface area (Å²) in [7, 11) is 1.30. The van der Waals surface area contributed by atoms with Crippen LogP contribution in [0.4, 0.5) is 29.2 Å². The van der Waals surface area contributed by atoms with E-state index in [4.69, 9.17) is 10.5 Å². The van der Waals surface area contributed by atoms with Crippen molar-refractivity contribution in [3.63, 3.8) is 0 Å². The van der Waals surface area contributed by atoms with Crippen LogP contribution in [-0.4, -0.2) is 35.6 Å². The Morgan fingerprint density at radius 1 is 1.29 bits per heavy atom. The molecule has 1 fully saturated rings. The van der Waals surface area contributed by atoms with Crippen LogP contribution in [0, 0.1) is 11.2 Å². The van der Waals surface area contributed by atoms with E-state index in [1.165, 1.54) is 19.5 Å². The highest BCUT2D eigenvalue weighted by atomic mass is 19.4. The lowest BCUT2D eigenvalue weighted by Gasteiger charge is -2.29. The first-order valence-electron chi connectivity index (χ1n) is 10.9. The van der Waals surface area contributed by atoms with Crippen LogP contribution in [0.15, 0.2) is 24.5 Å². The van der Waals surface area contributed by atoms with E-state index in [1.54, 1.807) is 4.90 Å². The van der Waals surface area contributed by atoms with Crippen molar-refractivity contribution in [1.29, 1.82) is 0 Å². The van der Waals surface area contributed by atoms with Crippen LogP contribution in [-0.2, 0) is 11.0 Å². The zero-order chi connectivity index (χ0) is 25.3. The van der Waals surface area contributed by atoms with E-state index in [9.17, 15) is 18.0 Å². The van der Waals surface area contributed by atoms with Gasteiger partial charge in [0.25, 0.3) is 0 Å². The summed E-state index contributed by atoms with van der Waals surface area (Å²) in [4.78, 5) is 21.7. The number of nitrogens with one attached hydrogen (secondary N) is 1. The maximum atomic E-state index is 15.5. The third-order valence-electron chi connectivity index (χ3n) is 5.69. The van der Waals surface area contributed by atoms with Gasteiger partial charge in [-0.3, -0.25) is 4.79 Å². The summed E-state index contributed by atoms with van der Waals surface area (Å²) >= 11 is 0. The normalized spacial score (nSPS) is 17.5. The Balaban J connectivity index is 1.94. The number of ether oxygens (including phenoxy) is 1. The van der Waals surface area contributed by atoms with Crippen LogP contribution >= 0.6 is 0 Å². The van der Waals surface area contributed by atoms with Crippen molar-refractivity contribution < 1.29 is 27.1 Å². The largest absolute Gasteiger partial charge is 0.496 e. The lowest BCUT2D eigenvalue weighted by Crippen LogP contribution is -2.39. The fourth-order valence-corrected chi connectivity index (χ4v) is 4.17. The molecule has 1 aliphatic rings. The number of aromatic nitrogens is 2. The van der Waals surface area contributed by atoms with Gasteiger partial charge in [-0.15, -0.1) is 0 Å². The molecular formula is C23H29F4N5O2. The van der Waals surface area contributed by atoms with Gasteiger partial charge in [0.15, 0.2) is 11.6 Å². The molecule has 3 rings (SSSR count). The monoisotopic (exact) mass is 483 g/mol. The summed E-state index contributed by atoms with van der Waals surface area (Å²) in [5, 5.41) is 2.79. The number of methoxy groups -OCH3 is 1. The van der Waals surface area contributed by atoms with Gasteiger partial charge in [-0.2, -0.15) is 17.6 Å². The minimum absolute atomic E-state index is 0.0130. The topological polar surface area (TPSA) is 93.4 Å². The molecule has 1 saturated heterocycles. The molecule has 2 aromatic rings. The number of hydrogen-bond donors (Lipinski definition) is 2. The number of alkyl halides is 3. The fourth-order valence-electron chi connectivity index (χ4n) is 4.17. The van der Waals surface area contributed by atoms with Crippen LogP contribution in [0.25, 0.3) is 0 Å². The van der Waals surface area contributed by atoms with Crippen molar-refractivity contribution in [1.82, 2.24) is 9.97 Å². The molecule has 2 heterocycles. The van der Waals surface area contributed by atoms with E-state index in [-0.39, 0.29) is 22.8 Å². The molecule has 34 heavy (non-hydrogen) atoms.